The highest BCUT2D eigenvalue weighted by atomic mass is 16.5. The van der Waals surface area contributed by atoms with E-state index in [2.05, 4.69) is 31.9 Å². The van der Waals surface area contributed by atoms with Gasteiger partial charge in [0.05, 0.1) is 12.2 Å². The molecule has 1 aromatic carbocycles. The lowest BCUT2D eigenvalue weighted by Gasteiger charge is -2.39. The molecular formula is C21H27N3O2. The van der Waals surface area contributed by atoms with Crippen molar-refractivity contribution in [3.05, 3.63) is 47.8 Å². The Hall–Kier alpha value is -2.30. The van der Waals surface area contributed by atoms with Crippen molar-refractivity contribution >= 4 is 5.91 Å². The van der Waals surface area contributed by atoms with Crippen molar-refractivity contribution in [2.75, 3.05) is 7.05 Å². The number of para-hydroxylation sites is 1. The molecule has 3 atom stereocenters. The third-order valence-corrected chi connectivity index (χ3v) is 6.06. The van der Waals surface area contributed by atoms with Crippen LogP contribution in [0.5, 0.6) is 5.75 Å². The summed E-state index contributed by atoms with van der Waals surface area (Å²) < 4.78 is 7.94. The summed E-state index contributed by atoms with van der Waals surface area (Å²) in [5, 5.41) is 4.23. The average Bonchev–Trinajstić information content (AvgIpc) is 3.11. The van der Waals surface area contributed by atoms with Gasteiger partial charge in [0.1, 0.15) is 11.4 Å². The number of hydrogen-bond acceptors (Lipinski definition) is 3. The molecule has 1 amide bonds. The average molecular weight is 353 g/mol. The number of aromatic nitrogens is 2. The number of nitrogens with zero attached hydrogens (tertiary/aromatic N) is 3. The van der Waals surface area contributed by atoms with Crippen LogP contribution in [0.15, 0.2) is 36.7 Å². The monoisotopic (exact) mass is 353 g/mol. The lowest BCUT2D eigenvalue weighted by atomic mass is 9.79. The Balaban J connectivity index is 1.60. The van der Waals surface area contributed by atoms with E-state index in [4.69, 9.17) is 4.74 Å². The van der Waals surface area contributed by atoms with Gasteiger partial charge in [0.15, 0.2) is 0 Å². The molecule has 1 saturated carbocycles. The van der Waals surface area contributed by atoms with Crippen molar-refractivity contribution in [2.24, 2.45) is 13.0 Å². The van der Waals surface area contributed by atoms with E-state index in [9.17, 15) is 4.79 Å². The second-order valence-electron chi connectivity index (χ2n) is 8.52. The van der Waals surface area contributed by atoms with E-state index < -0.39 is 0 Å². The maximum absolute atomic E-state index is 13.3. The summed E-state index contributed by atoms with van der Waals surface area (Å²) in [6.45, 7) is 6.30. The van der Waals surface area contributed by atoms with Crippen LogP contribution in [0.3, 0.4) is 0 Å². The van der Waals surface area contributed by atoms with Crippen LogP contribution in [0, 0.1) is 5.92 Å². The first-order chi connectivity index (χ1) is 12.2. The van der Waals surface area contributed by atoms with Crippen LogP contribution in [0.2, 0.25) is 0 Å². The zero-order valence-corrected chi connectivity index (χ0v) is 16.2. The molecule has 1 aliphatic carbocycles. The fourth-order valence-electron chi connectivity index (χ4n) is 4.59. The number of fused-ring (bicyclic) bond motifs is 2. The maximum atomic E-state index is 13.3. The summed E-state index contributed by atoms with van der Waals surface area (Å²) in [6, 6.07) is 8.22. The molecule has 2 aromatic rings. The predicted molar refractivity (Wildman–Crippen MR) is 99.9 cm³/mol. The Morgan fingerprint density at radius 3 is 2.81 bits per heavy atom. The van der Waals surface area contributed by atoms with Crippen molar-refractivity contribution in [1.82, 2.24) is 14.7 Å². The number of amides is 1. The first-order valence-electron chi connectivity index (χ1n) is 9.27. The highest BCUT2D eigenvalue weighted by molar-refractivity contribution is 5.85. The third-order valence-electron chi connectivity index (χ3n) is 6.06. The Bertz CT molecular complexity index is 856. The van der Waals surface area contributed by atoms with Gasteiger partial charge in [-0.05, 0) is 39.7 Å². The molecule has 1 aromatic heterocycles. The number of hydrogen-bond donors (Lipinski definition) is 0. The van der Waals surface area contributed by atoms with Gasteiger partial charge in [0.25, 0.3) is 0 Å². The molecule has 1 aliphatic heterocycles. The van der Waals surface area contributed by atoms with E-state index in [1.165, 1.54) is 5.56 Å². The van der Waals surface area contributed by atoms with Crippen molar-refractivity contribution in [3.63, 3.8) is 0 Å². The van der Waals surface area contributed by atoms with Gasteiger partial charge in [-0.25, -0.2) is 0 Å². The number of carbonyl (C=O) groups excluding carboxylic acids is 1. The number of benzene rings is 1. The maximum Gasteiger partial charge on any atom is 0.226 e. The van der Waals surface area contributed by atoms with Gasteiger partial charge in [0, 0.05) is 42.8 Å². The number of rotatable bonds is 3. The molecule has 1 unspecified atom stereocenters. The van der Waals surface area contributed by atoms with Crippen LogP contribution in [-0.4, -0.2) is 33.2 Å². The molecular weight excluding hydrogens is 326 g/mol. The molecule has 0 saturated heterocycles. The van der Waals surface area contributed by atoms with Gasteiger partial charge >= 0.3 is 0 Å². The van der Waals surface area contributed by atoms with Crippen molar-refractivity contribution in [1.29, 1.82) is 0 Å². The molecule has 5 heteroatoms. The molecule has 0 radical (unpaired) electrons. The number of ether oxygens (including phenoxy) is 1. The number of aryl methyl sites for hydroxylation is 1. The van der Waals surface area contributed by atoms with E-state index in [0.717, 1.165) is 24.2 Å². The van der Waals surface area contributed by atoms with Gasteiger partial charge in [-0.15, -0.1) is 0 Å². The zero-order chi connectivity index (χ0) is 18.7. The molecule has 1 spiro atoms. The van der Waals surface area contributed by atoms with Crippen LogP contribution < -0.4 is 4.74 Å². The smallest absolute Gasteiger partial charge is 0.226 e. The molecule has 1 fully saturated rings. The lowest BCUT2D eigenvalue weighted by Crippen LogP contribution is -2.41. The highest BCUT2D eigenvalue weighted by Crippen LogP contribution is 2.64. The summed E-state index contributed by atoms with van der Waals surface area (Å²) in [7, 11) is 3.80. The largest absolute Gasteiger partial charge is 0.488 e. The summed E-state index contributed by atoms with van der Waals surface area (Å²) in [4.78, 5) is 15.2. The second-order valence-corrected chi connectivity index (χ2v) is 8.52. The van der Waals surface area contributed by atoms with E-state index in [-0.39, 0.29) is 28.9 Å². The molecule has 4 rings (SSSR count). The van der Waals surface area contributed by atoms with Gasteiger partial charge in [-0.1, -0.05) is 18.2 Å². The standard InChI is InChI=1S/C21H27N3O2/c1-14(15-11-22-23(4)12-15)24(5)19(25)17-10-21(17)13-20(2,3)26-18-9-7-6-8-16(18)21/h6-9,11-12,14,17H,10,13H2,1-5H3/t14?,17-,21+/m1/s1. The molecule has 0 bridgehead atoms. The summed E-state index contributed by atoms with van der Waals surface area (Å²) >= 11 is 0. The van der Waals surface area contributed by atoms with Crippen molar-refractivity contribution in [2.45, 2.75) is 50.7 Å². The minimum absolute atomic E-state index is 0.0111. The van der Waals surface area contributed by atoms with Gasteiger partial charge in [0.2, 0.25) is 5.91 Å². The summed E-state index contributed by atoms with van der Waals surface area (Å²) in [5.74, 6) is 1.17. The predicted octanol–water partition coefficient (Wildman–Crippen LogP) is 3.46. The molecule has 0 N–H and O–H groups in total. The Kier molecular flexibility index (Phi) is 3.69. The SMILES string of the molecule is CC(c1cnn(C)c1)N(C)C(=O)[C@H]1C[C@@]12CC(C)(C)Oc1ccccc12. The van der Waals surface area contributed by atoms with Crippen molar-refractivity contribution in [3.8, 4) is 5.75 Å². The van der Waals surface area contributed by atoms with Crippen molar-refractivity contribution < 1.29 is 9.53 Å². The second kappa shape index (κ2) is 5.60. The van der Waals surface area contributed by atoms with E-state index in [1.54, 1.807) is 4.68 Å². The van der Waals surface area contributed by atoms with Gasteiger partial charge in [-0.3, -0.25) is 9.48 Å². The van der Waals surface area contributed by atoms with Crippen LogP contribution >= 0.6 is 0 Å². The molecule has 26 heavy (non-hydrogen) atoms. The van der Waals surface area contributed by atoms with E-state index in [1.807, 2.05) is 49.6 Å². The van der Waals surface area contributed by atoms with E-state index >= 15 is 0 Å². The first-order valence-corrected chi connectivity index (χ1v) is 9.27. The topological polar surface area (TPSA) is 47.4 Å². The molecule has 5 nitrogen and oxygen atoms in total. The van der Waals surface area contributed by atoms with Crippen LogP contribution in [0.1, 0.15) is 50.8 Å². The van der Waals surface area contributed by atoms with Gasteiger partial charge < -0.3 is 9.64 Å². The van der Waals surface area contributed by atoms with Gasteiger partial charge in [-0.2, -0.15) is 5.10 Å². The fraction of sp³-hybridized carbons (Fsp3) is 0.524. The quantitative estimate of drug-likeness (QED) is 0.849. The normalized spacial score (nSPS) is 26.7. The fourth-order valence-corrected chi connectivity index (χ4v) is 4.59. The minimum atomic E-state index is -0.253. The molecule has 2 heterocycles. The van der Waals surface area contributed by atoms with Crippen LogP contribution in [-0.2, 0) is 17.3 Å². The number of carbonyl (C=O) groups is 1. The summed E-state index contributed by atoms with van der Waals surface area (Å²) in [6.07, 6.45) is 5.59. The third kappa shape index (κ3) is 2.61. The summed E-state index contributed by atoms with van der Waals surface area (Å²) in [5.41, 5.74) is 1.92. The first kappa shape index (κ1) is 17.1. The van der Waals surface area contributed by atoms with Crippen LogP contribution in [0.25, 0.3) is 0 Å². The highest BCUT2D eigenvalue weighted by Gasteiger charge is 2.64. The molecule has 2 aliphatic rings. The molecule has 138 valence electrons. The zero-order valence-electron chi connectivity index (χ0n) is 16.2. The lowest BCUT2D eigenvalue weighted by molar-refractivity contribution is -0.134. The van der Waals surface area contributed by atoms with Crippen LogP contribution in [0.4, 0.5) is 0 Å². The Labute approximate surface area is 154 Å². The Morgan fingerprint density at radius 1 is 1.38 bits per heavy atom. The van der Waals surface area contributed by atoms with E-state index in [0.29, 0.717) is 0 Å². The minimum Gasteiger partial charge on any atom is -0.488 e. The Morgan fingerprint density at radius 2 is 2.12 bits per heavy atom.